The van der Waals surface area contributed by atoms with Crippen molar-refractivity contribution in [3.63, 3.8) is 0 Å². The first-order valence-corrected chi connectivity index (χ1v) is 11.6. The Labute approximate surface area is 215 Å². The van der Waals surface area contributed by atoms with E-state index < -0.39 is 11.9 Å². The quantitative estimate of drug-likeness (QED) is 0.127. The molecule has 3 rings (SSSR count). The van der Waals surface area contributed by atoms with Crippen LogP contribution in [0.2, 0.25) is 0 Å². The molecule has 2 aromatic carbocycles. The van der Waals surface area contributed by atoms with Crippen molar-refractivity contribution in [3.05, 3.63) is 95.0 Å². The van der Waals surface area contributed by atoms with Gasteiger partial charge in [0.25, 0.3) is 5.91 Å². The Morgan fingerprint density at radius 1 is 0.919 bits per heavy atom. The molecule has 0 saturated heterocycles. The van der Waals surface area contributed by atoms with Gasteiger partial charge in [0.05, 0.1) is 19.4 Å². The molecule has 0 saturated carbocycles. The van der Waals surface area contributed by atoms with Crippen LogP contribution in [0.25, 0.3) is 12.2 Å². The molecule has 0 bridgehead atoms. The summed E-state index contributed by atoms with van der Waals surface area (Å²) in [5.74, 6) is 0.151. The summed E-state index contributed by atoms with van der Waals surface area (Å²) in [7, 11) is 0. The standard InChI is InChI=1S/C29H25N3O5/c1-2-3-14-35-25-10-6-22(7-11-25)17-24(19-31)29(34)37-26-12-8-21(9-13-26)16-23(18-30)28(33)32-20-27-5-4-15-36-27/h4-13,15-17H,2-3,14,20H2,1H3,(H,32,33)/b23-16+,24-17+. The van der Waals surface area contributed by atoms with Gasteiger partial charge in [-0.1, -0.05) is 37.6 Å². The van der Waals surface area contributed by atoms with E-state index in [0.717, 1.165) is 18.6 Å². The van der Waals surface area contributed by atoms with Gasteiger partial charge in [0, 0.05) is 0 Å². The number of amides is 1. The number of hydrogen-bond acceptors (Lipinski definition) is 7. The van der Waals surface area contributed by atoms with Crippen molar-refractivity contribution in [2.24, 2.45) is 0 Å². The molecular formula is C29H25N3O5. The number of rotatable bonds is 11. The van der Waals surface area contributed by atoms with E-state index in [-0.39, 0.29) is 23.4 Å². The summed E-state index contributed by atoms with van der Waals surface area (Å²) in [5, 5.41) is 21.4. The summed E-state index contributed by atoms with van der Waals surface area (Å²) in [5.41, 5.74) is 0.962. The third-order valence-electron chi connectivity index (χ3n) is 5.07. The van der Waals surface area contributed by atoms with Crippen molar-refractivity contribution in [2.45, 2.75) is 26.3 Å². The van der Waals surface area contributed by atoms with Gasteiger partial charge < -0.3 is 19.2 Å². The first-order valence-electron chi connectivity index (χ1n) is 11.6. The number of unbranched alkanes of at least 4 members (excludes halogenated alkanes) is 1. The number of nitrogens with zero attached hydrogens (tertiary/aromatic N) is 2. The largest absolute Gasteiger partial charge is 0.494 e. The van der Waals surface area contributed by atoms with Crippen LogP contribution in [0.3, 0.4) is 0 Å². The fourth-order valence-corrected chi connectivity index (χ4v) is 3.08. The molecule has 0 aliphatic heterocycles. The average Bonchev–Trinajstić information content (AvgIpc) is 3.44. The number of nitriles is 2. The number of furan rings is 1. The maximum Gasteiger partial charge on any atom is 0.354 e. The third-order valence-corrected chi connectivity index (χ3v) is 5.07. The summed E-state index contributed by atoms with van der Waals surface area (Å²) in [4.78, 5) is 24.8. The van der Waals surface area contributed by atoms with E-state index in [1.165, 1.54) is 30.5 Å². The van der Waals surface area contributed by atoms with Crippen molar-refractivity contribution < 1.29 is 23.5 Å². The molecule has 1 heterocycles. The van der Waals surface area contributed by atoms with Crippen LogP contribution in [0.15, 0.2) is 82.5 Å². The van der Waals surface area contributed by atoms with Crippen LogP contribution in [0.5, 0.6) is 11.5 Å². The molecule has 0 fully saturated rings. The summed E-state index contributed by atoms with van der Waals surface area (Å²) >= 11 is 0. The summed E-state index contributed by atoms with van der Waals surface area (Å²) in [6.45, 7) is 2.88. The summed E-state index contributed by atoms with van der Waals surface area (Å²) in [6.07, 6.45) is 6.35. The number of esters is 1. The highest BCUT2D eigenvalue weighted by atomic mass is 16.5. The molecule has 0 spiro atoms. The third kappa shape index (κ3) is 8.27. The lowest BCUT2D eigenvalue weighted by Gasteiger charge is -2.06. The minimum atomic E-state index is -0.802. The molecule has 186 valence electrons. The molecule has 0 radical (unpaired) electrons. The first kappa shape index (κ1) is 26.5. The lowest BCUT2D eigenvalue weighted by atomic mass is 10.1. The van der Waals surface area contributed by atoms with Gasteiger partial charge in [0.1, 0.15) is 40.5 Å². The van der Waals surface area contributed by atoms with Gasteiger partial charge in [0.15, 0.2) is 0 Å². The average molecular weight is 496 g/mol. The van der Waals surface area contributed by atoms with Crippen molar-refractivity contribution in [2.75, 3.05) is 6.61 Å². The van der Waals surface area contributed by atoms with Crippen LogP contribution in [-0.2, 0) is 16.1 Å². The Morgan fingerprint density at radius 2 is 1.54 bits per heavy atom. The first-order chi connectivity index (χ1) is 18.0. The molecule has 3 aromatic rings. The number of hydrogen-bond donors (Lipinski definition) is 1. The van der Waals surface area contributed by atoms with Gasteiger partial charge in [-0.05, 0) is 66.1 Å². The molecule has 0 aliphatic carbocycles. The van der Waals surface area contributed by atoms with Crippen LogP contribution in [0.1, 0.15) is 36.7 Å². The Balaban J connectivity index is 1.60. The topological polar surface area (TPSA) is 125 Å². The molecule has 8 nitrogen and oxygen atoms in total. The van der Waals surface area contributed by atoms with Crippen LogP contribution in [0.4, 0.5) is 0 Å². The van der Waals surface area contributed by atoms with E-state index in [0.29, 0.717) is 23.5 Å². The van der Waals surface area contributed by atoms with Gasteiger partial charge in [-0.25, -0.2) is 4.79 Å². The highest BCUT2D eigenvalue weighted by Gasteiger charge is 2.13. The molecule has 0 unspecified atom stereocenters. The summed E-state index contributed by atoms with van der Waals surface area (Å²) < 4.78 is 16.1. The maximum absolute atomic E-state index is 12.5. The number of carbonyl (C=O) groups is 2. The predicted molar refractivity (Wildman–Crippen MR) is 137 cm³/mol. The second kappa shape index (κ2) is 13.7. The SMILES string of the molecule is CCCCOc1ccc(/C=C(\C#N)C(=O)Oc2ccc(/C=C(\C#N)C(=O)NCc3ccco3)cc2)cc1. The molecular weight excluding hydrogens is 470 g/mol. The minimum Gasteiger partial charge on any atom is -0.494 e. The molecule has 1 N–H and O–H groups in total. The van der Waals surface area contributed by atoms with Crippen molar-refractivity contribution >= 4 is 24.0 Å². The predicted octanol–water partition coefficient (Wildman–Crippen LogP) is 5.19. The number of nitrogens with one attached hydrogen (secondary N) is 1. The van der Waals surface area contributed by atoms with Crippen LogP contribution in [0, 0.1) is 22.7 Å². The monoisotopic (exact) mass is 495 g/mol. The molecule has 8 heteroatoms. The highest BCUT2D eigenvalue weighted by Crippen LogP contribution is 2.18. The van der Waals surface area contributed by atoms with E-state index in [1.807, 2.05) is 12.1 Å². The van der Waals surface area contributed by atoms with Gasteiger partial charge in [0.2, 0.25) is 0 Å². The van der Waals surface area contributed by atoms with Crippen molar-refractivity contribution in [3.8, 4) is 23.6 Å². The van der Waals surface area contributed by atoms with Gasteiger partial charge in [-0.2, -0.15) is 10.5 Å². The Bertz CT molecular complexity index is 1340. The number of carbonyl (C=O) groups excluding carboxylic acids is 2. The summed E-state index contributed by atoms with van der Waals surface area (Å²) in [6, 6.07) is 20.4. The number of ether oxygens (including phenoxy) is 2. The molecule has 1 aromatic heterocycles. The Kier molecular flexibility index (Phi) is 9.83. The Morgan fingerprint density at radius 3 is 2.11 bits per heavy atom. The highest BCUT2D eigenvalue weighted by molar-refractivity contribution is 6.01. The molecule has 0 aliphatic rings. The van der Waals surface area contributed by atoms with E-state index >= 15 is 0 Å². The minimum absolute atomic E-state index is 0.0900. The second-order valence-electron chi connectivity index (χ2n) is 7.83. The second-order valence-corrected chi connectivity index (χ2v) is 7.83. The number of benzene rings is 2. The normalized spacial score (nSPS) is 11.2. The van der Waals surface area contributed by atoms with Gasteiger partial charge >= 0.3 is 5.97 Å². The van der Waals surface area contributed by atoms with Crippen LogP contribution < -0.4 is 14.8 Å². The Hall–Kier alpha value is -5.08. The maximum atomic E-state index is 12.5. The lowest BCUT2D eigenvalue weighted by molar-refractivity contribution is -0.129. The fourth-order valence-electron chi connectivity index (χ4n) is 3.08. The fraction of sp³-hybridized carbons (Fsp3) is 0.172. The van der Waals surface area contributed by atoms with Crippen LogP contribution in [-0.4, -0.2) is 18.5 Å². The zero-order valence-corrected chi connectivity index (χ0v) is 20.3. The van der Waals surface area contributed by atoms with Crippen LogP contribution >= 0.6 is 0 Å². The lowest BCUT2D eigenvalue weighted by Crippen LogP contribution is -2.23. The molecule has 1 amide bonds. The van der Waals surface area contributed by atoms with Crippen molar-refractivity contribution in [1.29, 1.82) is 10.5 Å². The zero-order chi connectivity index (χ0) is 26.5. The van der Waals surface area contributed by atoms with Gasteiger partial charge in [-0.3, -0.25) is 4.79 Å². The zero-order valence-electron chi connectivity index (χ0n) is 20.3. The molecule has 0 atom stereocenters. The van der Waals surface area contributed by atoms with Crippen molar-refractivity contribution in [1.82, 2.24) is 5.32 Å². The van der Waals surface area contributed by atoms with E-state index in [4.69, 9.17) is 13.9 Å². The van der Waals surface area contributed by atoms with E-state index in [1.54, 1.807) is 48.5 Å². The van der Waals surface area contributed by atoms with E-state index in [9.17, 15) is 20.1 Å². The van der Waals surface area contributed by atoms with E-state index in [2.05, 4.69) is 12.2 Å². The smallest absolute Gasteiger partial charge is 0.354 e. The van der Waals surface area contributed by atoms with Gasteiger partial charge in [-0.15, -0.1) is 0 Å². The molecule has 37 heavy (non-hydrogen) atoms.